The summed E-state index contributed by atoms with van der Waals surface area (Å²) in [5.41, 5.74) is 3.00. The van der Waals surface area contributed by atoms with E-state index in [-0.39, 0.29) is 45.3 Å². The monoisotopic (exact) mass is 630 g/mol. The lowest BCUT2D eigenvalue weighted by atomic mass is 9.88. The first kappa shape index (κ1) is 29.9. The van der Waals surface area contributed by atoms with Crippen LogP contribution in [-0.4, -0.2) is 55.1 Å². The Morgan fingerprint density at radius 3 is 2.67 bits per heavy atom. The Bertz CT molecular complexity index is 1790. The van der Waals surface area contributed by atoms with Crippen molar-refractivity contribution < 1.29 is 32.3 Å². The molecule has 0 spiro atoms. The molecule has 0 bridgehead atoms. The molecule has 0 saturated heterocycles. The predicted molar refractivity (Wildman–Crippen MR) is 159 cm³/mol. The molecule has 2 atom stereocenters. The smallest absolute Gasteiger partial charge is 0.326 e. The van der Waals surface area contributed by atoms with Gasteiger partial charge in [-0.3, -0.25) is 9.59 Å². The molecule has 1 aromatic heterocycles. The van der Waals surface area contributed by atoms with Crippen LogP contribution in [0, 0.1) is 5.92 Å². The second kappa shape index (κ2) is 11.6. The molecule has 1 aliphatic carbocycles. The van der Waals surface area contributed by atoms with Crippen molar-refractivity contribution >= 4 is 61.8 Å². The van der Waals surface area contributed by atoms with Crippen molar-refractivity contribution in [1.29, 1.82) is 0 Å². The average Bonchev–Trinajstić information content (AvgIpc) is 3.40. The van der Waals surface area contributed by atoms with E-state index in [1.54, 1.807) is 35.4 Å². The third-order valence-electron chi connectivity index (χ3n) is 7.73. The maximum absolute atomic E-state index is 13.3. The van der Waals surface area contributed by atoms with E-state index in [2.05, 4.69) is 5.32 Å². The summed E-state index contributed by atoms with van der Waals surface area (Å²) in [6.07, 6.45) is 6.46. The lowest BCUT2D eigenvalue weighted by Crippen LogP contribution is -2.42. The van der Waals surface area contributed by atoms with Gasteiger partial charge in [0.25, 0.3) is 11.8 Å². The highest BCUT2D eigenvalue weighted by molar-refractivity contribution is 7.94. The van der Waals surface area contributed by atoms with Gasteiger partial charge in [-0.15, -0.1) is 0 Å². The van der Waals surface area contributed by atoms with Gasteiger partial charge in [0, 0.05) is 30.3 Å². The fourth-order valence-corrected chi connectivity index (χ4v) is 6.84. The van der Waals surface area contributed by atoms with E-state index in [0.717, 1.165) is 11.6 Å². The highest BCUT2D eigenvalue weighted by Gasteiger charge is 2.31. The molecule has 1 aliphatic heterocycles. The van der Waals surface area contributed by atoms with Gasteiger partial charge in [0.1, 0.15) is 11.6 Å². The number of aliphatic carboxylic acids is 1. The molecule has 5 rings (SSSR count). The number of nitrogens with one attached hydrogen (secondary N) is 1. The van der Waals surface area contributed by atoms with Crippen LogP contribution in [0.4, 0.5) is 0 Å². The van der Waals surface area contributed by atoms with Gasteiger partial charge in [0.15, 0.2) is 9.84 Å². The summed E-state index contributed by atoms with van der Waals surface area (Å²) >= 11 is 13.2. The number of hydrogen-bond donors (Lipinski definition) is 2. The van der Waals surface area contributed by atoms with Crippen LogP contribution in [0.2, 0.25) is 10.0 Å². The summed E-state index contributed by atoms with van der Waals surface area (Å²) in [4.78, 5) is 40.5. The summed E-state index contributed by atoms with van der Waals surface area (Å²) < 4.78 is 29.5. The van der Waals surface area contributed by atoms with Crippen LogP contribution in [0.1, 0.15) is 51.6 Å². The van der Waals surface area contributed by atoms with E-state index >= 15 is 0 Å². The van der Waals surface area contributed by atoms with Gasteiger partial charge in [0.2, 0.25) is 0 Å². The standard InChI is InChI=1S/C30H28Cl2N2O7S/c1-16-3-6-21(42(2,39)40)11-19(16)13-24(30(37)38)33-28(35)26-23(31)12-20-15-34(9-7-22(20)27(26)32)29(36)18-5-4-17-8-10-41-25(17)14-18/h4-6,8,10-12,14,16,24H,3,7,9,13,15H2,1-2H3,(H,33,35)(H,37,38)/t16?,24-/m0/s1. The molecule has 2 N–H and O–H groups in total. The molecule has 9 nitrogen and oxygen atoms in total. The Morgan fingerprint density at radius 1 is 1.19 bits per heavy atom. The second-order valence-corrected chi connectivity index (χ2v) is 13.4. The van der Waals surface area contributed by atoms with Gasteiger partial charge in [-0.05, 0) is 66.6 Å². The molecule has 2 amide bonds. The second-order valence-electron chi connectivity index (χ2n) is 10.6. The molecule has 0 saturated carbocycles. The first-order valence-corrected chi connectivity index (χ1v) is 15.9. The normalized spacial score (nSPS) is 17.7. The largest absolute Gasteiger partial charge is 0.480 e. The van der Waals surface area contributed by atoms with E-state index < -0.39 is 27.8 Å². The van der Waals surface area contributed by atoms with Crippen LogP contribution < -0.4 is 5.32 Å². The summed E-state index contributed by atoms with van der Waals surface area (Å²) in [5, 5.41) is 13.4. The number of carboxylic acid groups (broad SMARTS) is 1. The van der Waals surface area contributed by atoms with Gasteiger partial charge in [-0.25, -0.2) is 13.2 Å². The zero-order valence-corrected chi connectivity index (χ0v) is 25.1. The van der Waals surface area contributed by atoms with Crippen molar-refractivity contribution in [2.24, 2.45) is 5.92 Å². The number of halogens is 2. The number of fused-ring (bicyclic) bond motifs is 2. The zero-order valence-electron chi connectivity index (χ0n) is 22.8. The first-order chi connectivity index (χ1) is 19.8. The van der Waals surface area contributed by atoms with Crippen molar-refractivity contribution in [1.82, 2.24) is 10.2 Å². The SMILES string of the molecule is CC1CC=C(S(C)(=O)=O)C=C1C[C@H](NC(=O)c1c(Cl)cc2c(c1Cl)CCN(C(=O)c1ccc3ccoc3c1)C2)C(=O)O. The minimum Gasteiger partial charge on any atom is -0.480 e. The Kier molecular flexibility index (Phi) is 8.24. The quantitative estimate of drug-likeness (QED) is 0.357. The molecule has 2 aliphatic rings. The molecule has 220 valence electrons. The highest BCUT2D eigenvalue weighted by atomic mass is 35.5. The van der Waals surface area contributed by atoms with Gasteiger partial charge < -0.3 is 19.7 Å². The number of allylic oxidation sites excluding steroid dienone is 2. The topological polar surface area (TPSA) is 134 Å². The number of carbonyl (C=O) groups excluding carboxylic acids is 2. The zero-order chi connectivity index (χ0) is 30.3. The van der Waals surface area contributed by atoms with Crippen LogP contribution >= 0.6 is 23.2 Å². The van der Waals surface area contributed by atoms with Crippen LogP contribution in [0.25, 0.3) is 11.0 Å². The number of amides is 2. The molecule has 1 unspecified atom stereocenters. The van der Waals surface area contributed by atoms with E-state index in [0.29, 0.717) is 47.2 Å². The molecule has 0 radical (unpaired) electrons. The van der Waals surface area contributed by atoms with Crippen molar-refractivity contribution in [3.8, 4) is 0 Å². The van der Waals surface area contributed by atoms with Crippen LogP contribution in [-0.2, 0) is 27.6 Å². The summed E-state index contributed by atoms with van der Waals surface area (Å²) in [6.45, 7) is 2.44. The van der Waals surface area contributed by atoms with Crippen molar-refractivity contribution in [3.63, 3.8) is 0 Å². The van der Waals surface area contributed by atoms with E-state index in [1.807, 2.05) is 19.1 Å². The van der Waals surface area contributed by atoms with Crippen LogP contribution in [0.5, 0.6) is 0 Å². The van der Waals surface area contributed by atoms with Gasteiger partial charge in [-0.2, -0.15) is 0 Å². The van der Waals surface area contributed by atoms with Gasteiger partial charge in [-0.1, -0.05) is 47.8 Å². The minimum atomic E-state index is -3.47. The molecular formula is C30H28Cl2N2O7S. The van der Waals surface area contributed by atoms with Crippen LogP contribution in [0.3, 0.4) is 0 Å². The van der Waals surface area contributed by atoms with Gasteiger partial charge >= 0.3 is 5.97 Å². The molecule has 42 heavy (non-hydrogen) atoms. The van der Waals surface area contributed by atoms with E-state index in [1.165, 1.54) is 6.08 Å². The number of nitrogens with zero attached hydrogens (tertiary/aromatic N) is 1. The van der Waals surface area contributed by atoms with Gasteiger partial charge in [0.05, 0.1) is 26.8 Å². The number of furan rings is 1. The Balaban J connectivity index is 1.34. The molecule has 0 fully saturated rings. The number of carboxylic acids is 1. The lowest BCUT2D eigenvalue weighted by molar-refractivity contribution is -0.139. The Labute approximate surface area is 252 Å². The third-order valence-corrected chi connectivity index (χ3v) is 9.58. The minimum absolute atomic E-state index is 0.0271. The van der Waals surface area contributed by atoms with Crippen LogP contribution in [0.15, 0.2) is 63.6 Å². The summed E-state index contributed by atoms with van der Waals surface area (Å²) in [6, 6.07) is 7.31. The number of hydrogen-bond acceptors (Lipinski definition) is 6. The number of benzene rings is 2. The van der Waals surface area contributed by atoms with Crippen molar-refractivity contribution in [3.05, 3.63) is 91.5 Å². The molecule has 2 heterocycles. The lowest BCUT2D eigenvalue weighted by Gasteiger charge is -2.30. The number of rotatable bonds is 7. The fraction of sp³-hybridized carbons (Fsp3) is 0.300. The van der Waals surface area contributed by atoms with Crippen molar-refractivity contribution in [2.45, 2.75) is 38.8 Å². The average molecular weight is 632 g/mol. The van der Waals surface area contributed by atoms with E-state index in [9.17, 15) is 27.9 Å². The first-order valence-electron chi connectivity index (χ1n) is 13.2. The molecule has 2 aromatic carbocycles. The molecule has 12 heteroatoms. The highest BCUT2D eigenvalue weighted by Crippen LogP contribution is 2.36. The summed E-state index contributed by atoms with van der Waals surface area (Å²) in [7, 11) is -3.47. The maximum Gasteiger partial charge on any atom is 0.326 e. The van der Waals surface area contributed by atoms with E-state index in [4.69, 9.17) is 27.6 Å². The fourth-order valence-electron chi connectivity index (χ4n) is 5.32. The van der Waals surface area contributed by atoms with Crippen molar-refractivity contribution in [2.75, 3.05) is 12.8 Å². The predicted octanol–water partition coefficient (Wildman–Crippen LogP) is 5.41. The number of sulfone groups is 1. The number of carbonyl (C=O) groups is 3. The third kappa shape index (κ3) is 5.97. The Hall–Kier alpha value is -3.60. The maximum atomic E-state index is 13.3. The summed E-state index contributed by atoms with van der Waals surface area (Å²) in [5.74, 6) is -2.32. The molecule has 3 aromatic rings. The molecular weight excluding hydrogens is 603 g/mol. The Morgan fingerprint density at radius 2 is 1.95 bits per heavy atom.